The molecule has 3 atom stereocenters. The predicted octanol–water partition coefficient (Wildman–Crippen LogP) is 0.413. The number of likely N-dealkylation sites (tertiary alicyclic amines) is 1. The number of ether oxygens (including phenoxy) is 1. The van der Waals surface area contributed by atoms with Crippen molar-refractivity contribution in [1.29, 1.82) is 0 Å². The number of carbonyl (C=O) groups is 1. The summed E-state index contributed by atoms with van der Waals surface area (Å²) in [6.07, 6.45) is 4.36. The van der Waals surface area contributed by atoms with Gasteiger partial charge >= 0.3 is 0 Å². The highest BCUT2D eigenvalue weighted by molar-refractivity contribution is 5.97. The lowest BCUT2D eigenvalue weighted by Crippen LogP contribution is -2.50. The zero-order valence-electron chi connectivity index (χ0n) is 18.4. The van der Waals surface area contributed by atoms with E-state index in [1.165, 1.54) is 0 Å². The van der Waals surface area contributed by atoms with Crippen LogP contribution in [0.25, 0.3) is 0 Å². The van der Waals surface area contributed by atoms with Crippen LogP contribution in [-0.2, 0) is 9.53 Å². The summed E-state index contributed by atoms with van der Waals surface area (Å²) in [7, 11) is 1.73. The van der Waals surface area contributed by atoms with E-state index in [2.05, 4.69) is 24.5 Å². The first-order valence-corrected chi connectivity index (χ1v) is 10.7. The Hall–Kier alpha value is -1.77. The molecular formula is C21H40N6O2. The van der Waals surface area contributed by atoms with Gasteiger partial charge in [-0.2, -0.15) is 0 Å². The molecule has 8 nitrogen and oxygen atoms in total. The van der Waals surface area contributed by atoms with Crippen molar-refractivity contribution in [3.8, 4) is 0 Å². The van der Waals surface area contributed by atoms with E-state index in [9.17, 15) is 4.79 Å². The molecule has 2 aliphatic rings. The standard InChI is InChI=1S/C21H40N6O2/c1-13(2)10-25-11-16-7-8-27(12-18(16)29-4)20(24)17(9-14(3)22)21(28)26-19(23)15-5-6-15/h9,13,15-16,18-19,25H,5-8,10-12,22-24H2,1-4H3,(H,26,28)/b14-9-,20-17-/t16-,18-,19?/m0/s1. The Labute approximate surface area is 175 Å². The zero-order chi connectivity index (χ0) is 21.6. The van der Waals surface area contributed by atoms with E-state index in [0.717, 1.165) is 38.9 Å². The van der Waals surface area contributed by atoms with Crippen LogP contribution in [0.3, 0.4) is 0 Å². The van der Waals surface area contributed by atoms with Crippen LogP contribution >= 0.6 is 0 Å². The van der Waals surface area contributed by atoms with Crippen LogP contribution in [0.1, 0.15) is 40.0 Å². The van der Waals surface area contributed by atoms with E-state index in [0.29, 0.717) is 41.4 Å². The Morgan fingerprint density at radius 1 is 1.28 bits per heavy atom. The fourth-order valence-corrected chi connectivity index (χ4v) is 3.70. The molecular weight excluding hydrogens is 368 g/mol. The molecule has 0 spiro atoms. The highest BCUT2D eigenvalue weighted by atomic mass is 16.5. The molecule has 1 amide bonds. The number of piperidine rings is 1. The molecule has 1 saturated carbocycles. The van der Waals surface area contributed by atoms with E-state index in [-0.39, 0.29) is 18.2 Å². The van der Waals surface area contributed by atoms with Crippen molar-refractivity contribution in [2.45, 2.75) is 52.3 Å². The summed E-state index contributed by atoms with van der Waals surface area (Å²) in [5, 5.41) is 6.39. The third-order valence-electron chi connectivity index (χ3n) is 5.62. The van der Waals surface area contributed by atoms with Gasteiger partial charge in [0.05, 0.1) is 17.8 Å². The molecule has 2 fully saturated rings. The van der Waals surface area contributed by atoms with Crippen LogP contribution in [0.2, 0.25) is 0 Å². The second kappa shape index (κ2) is 10.8. The van der Waals surface area contributed by atoms with Crippen LogP contribution in [0.4, 0.5) is 0 Å². The number of nitrogens with two attached hydrogens (primary N) is 3. The van der Waals surface area contributed by atoms with Crippen LogP contribution in [0.5, 0.6) is 0 Å². The van der Waals surface area contributed by atoms with Gasteiger partial charge in [-0.25, -0.2) is 0 Å². The largest absolute Gasteiger partial charge is 0.402 e. The molecule has 0 aromatic heterocycles. The lowest BCUT2D eigenvalue weighted by atomic mass is 9.93. The maximum atomic E-state index is 12.8. The van der Waals surface area contributed by atoms with Gasteiger partial charge in [0.2, 0.25) is 0 Å². The lowest BCUT2D eigenvalue weighted by Gasteiger charge is -2.39. The average Bonchev–Trinajstić information content (AvgIpc) is 3.50. The van der Waals surface area contributed by atoms with Gasteiger partial charge in [0.15, 0.2) is 0 Å². The van der Waals surface area contributed by atoms with Crippen molar-refractivity contribution in [3.05, 3.63) is 23.2 Å². The molecule has 1 saturated heterocycles. The van der Waals surface area contributed by atoms with Gasteiger partial charge < -0.3 is 37.5 Å². The number of hydrogen-bond acceptors (Lipinski definition) is 7. The molecule has 1 aliphatic carbocycles. The van der Waals surface area contributed by atoms with Gasteiger partial charge in [0.1, 0.15) is 5.82 Å². The molecule has 0 bridgehead atoms. The smallest absolute Gasteiger partial charge is 0.256 e. The minimum Gasteiger partial charge on any atom is -0.402 e. The lowest BCUT2D eigenvalue weighted by molar-refractivity contribution is -0.118. The maximum absolute atomic E-state index is 12.8. The second-order valence-electron chi connectivity index (χ2n) is 8.84. The Morgan fingerprint density at radius 3 is 2.52 bits per heavy atom. The fourth-order valence-electron chi connectivity index (χ4n) is 3.70. The zero-order valence-corrected chi connectivity index (χ0v) is 18.4. The number of rotatable bonds is 10. The molecule has 8 heteroatoms. The Morgan fingerprint density at radius 2 is 1.97 bits per heavy atom. The number of allylic oxidation sites excluding steroid dienone is 1. The van der Waals surface area contributed by atoms with Crippen molar-refractivity contribution in [2.24, 2.45) is 35.0 Å². The average molecular weight is 409 g/mol. The molecule has 0 aromatic rings. The SMILES string of the molecule is CO[C@H]1CN(/C(N)=C(/C=C(/C)N)C(=O)NC(N)C2CC2)CC[C@H]1CNCC(C)C. The highest BCUT2D eigenvalue weighted by Gasteiger charge is 2.33. The van der Waals surface area contributed by atoms with Crippen molar-refractivity contribution >= 4 is 5.91 Å². The summed E-state index contributed by atoms with van der Waals surface area (Å²) in [5.74, 6) is 1.53. The number of nitrogens with one attached hydrogen (secondary N) is 2. The second-order valence-corrected chi connectivity index (χ2v) is 8.84. The number of amides is 1. The third-order valence-corrected chi connectivity index (χ3v) is 5.62. The molecule has 166 valence electrons. The molecule has 29 heavy (non-hydrogen) atoms. The molecule has 1 unspecified atom stereocenters. The first-order valence-electron chi connectivity index (χ1n) is 10.7. The molecule has 0 aromatic carbocycles. The van der Waals surface area contributed by atoms with E-state index >= 15 is 0 Å². The van der Waals surface area contributed by atoms with Gasteiger partial charge in [-0.1, -0.05) is 13.8 Å². The quantitative estimate of drug-likeness (QED) is 0.201. The summed E-state index contributed by atoms with van der Waals surface area (Å²) >= 11 is 0. The normalized spacial score (nSPS) is 25.0. The van der Waals surface area contributed by atoms with Crippen molar-refractivity contribution in [1.82, 2.24) is 15.5 Å². The van der Waals surface area contributed by atoms with Gasteiger partial charge in [0.25, 0.3) is 5.91 Å². The molecule has 1 aliphatic heterocycles. The number of methoxy groups -OCH3 is 1. The van der Waals surface area contributed by atoms with Crippen LogP contribution in [0.15, 0.2) is 23.2 Å². The first kappa shape index (κ1) is 23.5. The molecule has 0 radical (unpaired) electrons. The minimum absolute atomic E-state index is 0.0444. The van der Waals surface area contributed by atoms with E-state index < -0.39 is 0 Å². The predicted molar refractivity (Wildman–Crippen MR) is 116 cm³/mol. The summed E-state index contributed by atoms with van der Waals surface area (Å²) in [6.45, 7) is 9.45. The van der Waals surface area contributed by atoms with Crippen molar-refractivity contribution < 1.29 is 9.53 Å². The van der Waals surface area contributed by atoms with Crippen LogP contribution < -0.4 is 27.8 Å². The van der Waals surface area contributed by atoms with Gasteiger partial charge in [-0.15, -0.1) is 0 Å². The van der Waals surface area contributed by atoms with Crippen LogP contribution in [-0.4, -0.2) is 56.4 Å². The Balaban J connectivity index is 2.08. The van der Waals surface area contributed by atoms with Crippen LogP contribution in [0, 0.1) is 17.8 Å². The van der Waals surface area contributed by atoms with E-state index in [4.69, 9.17) is 21.9 Å². The topological polar surface area (TPSA) is 132 Å². The highest BCUT2D eigenvalue weighted by Crippen LogP contribution is 2.30. The summed E-state index contributed by atoms with van der Waals surface area (Å²) < 4.78 is 5.75. The number of nitrogens with zero attached hydrogens (tertiary/aromatic N) is 1. The summed E-state index contributed by atoms with van der Waals surface area (Å²) in [6, 6.07) is 0. The Bertz CT molecular complexity index is 610. The van der Waals surface area contributed by atoms with E-state index in [1.807, 2.05) is 4.90 Å². The van der Waals surface area contributed by atoms with E-state index in [1.54, 1.807) is 20.1 Å². The monoisotopic (exact) mass is 408 g/mol. The third kappa shape index (κ3) is 7.21. The van der Waals surface area contributed by atoms with Crippen molar-refractivity contribution in [3.63, 3.8) is 0 Å². The number of carbonyl (C=O) groups excluding carboxylic acids is 1. The maximum Gasteiger partial charge on any atom is 0.256 e. The van der Waals surface area contributed by atoms with Gasteiger partial charge in [-0.05, 0) is 50.6 Å². The molecule has 2 rings (SSSR count). The first-order chi connectivity index (χ1) is 13.7. The molecule has 1 heterocycles. The van der Waals surface area contributed by atoms with Gasteiger partial charge in [0, 0.05) is 38.4 Å². The number of hydrogen-bond donors (Lipinski definition) is 5. The van der Waals surface area contributed by atoms with Crippen molar-refractivity contribution in [2.75, 3.05) is 33.3 Å². The minimum atomic E-state index is -0.346. The molecule has 8 N–H and O–H groups in total. The van der Waals surface area contributed by atoms with Gasteiger partial charge in [-0.3, -0.25) is 4.79 Å². The summed E-state index contributed by atoms with van der Waals surface area (Å²) in [4.78, 5) is 14.8. The summed E-state index contributed by atoms with van der Waals surface area (Å²) in [5.41, 5.74) is 19.3. The Kier molecular flexibility index (Phi) is 8.79. The fraction of sp³-hybridized carbons (Fsp3) is 0.762.